The van der Waals surface area contributed by atoms with Crippen molar-refractivity contribution < 1.29 is 18.9 Å². The maximum Gasteiger partial charge on any atom is 0.231 e. The summed E-state index contributed by atoms with van der Waals surface area (Å²) in [5.74, 6) is 2.93. The fourth-order valence-corrected chi connectivity index (χ4v) is 4.25. The molecule has 3 aliphatic heterocycles. The molecule has 6 rings (SSSR count). The van der Waals surface area contributed by atoms with Gasteiger partial charge < -0.3 is 29.6 Å². The first kappa shape index (κ1) is 17.4. The monoisotopic (exact) mass is 396 g/mol. The number of nitrogens with zero attached hydrogens (tertiary/aromatic N) is 2. The highest BCUT2D eigenvalue weighted by molar-refractivity contribution is 5.65. The van der Waals surface area contributed by atoms with Crippen molar-refractivity contribution in [1.29, 1.82) is 0 Å². The van der Waals surface area contributed by atoms with Gasteiger partial charge in [0.25, 0.3) is 0 Å². The Morgan fingerprint density at radius 2 is 1.79 bits per heavy atom. The van der Waals surface area contributed by atoms with Crippen molar-refractivity contribution in [3.63, 3.8) is 0 Å². The number of rotatable bonds is 6. The summed E-state index contributed by atoms with van der Waals surface area (Å²) in [5.41, 5.74) is 1.79. The lowest BCUT2D eigenvalue weighted by Gasteiger charge is -2.18. The molecule has 29 heavy (non-hydrogen) atoms. The van der Waals surface area contributed by atoms with Crippen LogP contribution in [-0.2, 0) is 9.47 Å². The fraction of sp³-hybridized carbons (Fsp3) is 0.524. The van der Waals surface area contributed by atoms with Gasteiger partial charge in [0.1, 0.15) is 12.2 Å². The van der Waals surface area contributed by atoms with Crippen LogP contribution in [0.15, 0.2) is 30.5 Å². The van der Waals surface area contributed by atoms with Crippen molar-refractivity contribution in [1.82, 2.24) is 15.3 Å². The molecule has 1 aromatic heterocycles. The van der Waals surface area contributed by atoms with Gasteiger partial charge >= 0.3 is 0 Å². The fourth-order valence-electron chi connectivity index (χ4n) is 4.25. The Hall–Kier alpha value is -2.42. The van der Waals surface area contributed by atoms with E-state index >= 15 is 0 Å². The third-order valence-corrected chi connectivity index (χ3v) is 6.06. The van der Waals surface area contributed by atoms with Crippen LogP contribution in [0.5, 0.6) is 11.5 Å². The highest BCUT2D eigenvalue weighted by atomic mass is 16.7. The maximum atomic E-state index is 6.06. The van der Waals surface area contributed by atoms with E-state index < -0.39 is 0 Å². The number of benzene rings is 1. The van der Waals surface area contributed by atoms with Crippen molar-refractivity contribution in [2.24, 2.45) is 5.92 Å². The van der Waals surface area contributed by atoms with Crippen molar-refractivity contribution in [3.05, 3.63) is 30.5 Å². The largest absolute Gasteiger partial charge is 0.454 e. The number of fused-ring (bicyclic) bond motifs is 2. The van der Waals surface area contributed by atoms with Crippen LogP contribution in [0, 0.1) is 5.92 Å². The van der Waals surface area contributed by atoms with Crippen molar-refractivity contribution in [2.45, 2.75) is 37.1 Å². The van der Waals surface area contributed by atoms with Gasteiger partial charge in [-0.15, -0.1) is 0 Å². The van der Waals surface area contributed by atoms with E-state index in [4.69, 9.17) is 18.9 Å². The second-order valence-corrected chi connectivity index (χ2v) is 8.14. The van der Waals surface area contributed by atoms with E-state index in [9.17, 15) is 0 Å². The first-order valence-electron chi connectivity index (χ1n) is 10.3. The molecular formula is C21H24N4O4. The molecule has 4 heterocycles. The summed E-state index contributed by atoms with van der Waals surface area (Å²) >= 11 is 0. The number of hydrogen-bond acceptors (Lipinski definition) is 8. The van der Waals surface area contributed by atoms with E-state index in [2.05, 4.69) is 20.6 Å². The molecule has 0 bridgehead atoms. The summed E-state index contributed by atoms with van der Waals surface area (Å²) in [6, 6.07) is 8.03. The predicted molar refractivity (Wildman–Crippen MR) is 105 cm³/mol. The first-order chi connectivity index (χ1) is 14.3. The lowest BCUT2D eigenvalue weighted by molar-refractivity contribution is 0.0675. The highest BCUT2D eigenvalue weighted by Crippen LogP contribution is 2.36. The lowest BCUT2D eigenvalue weighted by Crippen LogP contribution is -2.42. The summed E-state index contributed by atoms with van der Waals surface area (Å²) in [7, 11) is 0. The Bertz CT molecular complexity index is 906. The Labute approximate surface area is 168 Å². The second-order valence-electron chi connectivity index (χ2n) is 8.14. The molecule has 0 spiro atoms. The minimum absolute atomic E-state index is 0.0181. The molecule has 4 atom stereocenters. The van der Waals surface area contributed by atoms with E-state index in [1.54, 1.807) is 6.20 Å². The molecule has 2 aromatic rings. The Kier molecular flexibility index (Phi) is 4.28. The Morgan fingerprint density at radius 3 is 2.69 bits per heavy atom. The van der Waals surface area contributed by atoms with Crippen LogP contribution in [0.25, 0.3) is 11.3 Å². The number of ether oxygens (including phenoxy) is 4. The SMILES string of the molecule is c1cc(-c2ccc3c(c2)OCO3)nc(N[C@@H]2CO[C@@H]3[C@@H]2OC[C@@H]3NCC2CC2)n1. The average Bonchev–Trinajstić information content (AvgIpc) is 3.13. The topological polar surface area (TPSA) is 86.8 Å². The quantitative estimate of drug-likeness (QED) is 0.765. The van der Waals surface area contributed by atoms with Gasteiger partial charge in [0.2, 0.25) is 12.7 Å². The Balaban J connectivity index is 1.14. The molecule has 0 amide bonds. The zero-order chi connectivity index (χ0) is 19.2. The molecule has 4 aliphatic rings. The molecule has 1 aliphatic carbocycles. The summed E-state index contributed by atoms with van der Waals surface area (Å²) in [6.07, 6.45) is 4.55. The Morgan fingerprint density at radius 1 is 0.966 bits per heavy atom. The minimum Gasteiger partial charge on any atom is -0.454 e. The minimum atomic E-state index is 0.0181. The summed E-state index contributed by atoms with van der Waals surface area (Å²) in [4.78, 5) is 9.08. The zero-order valence-electron chi connectivity index (χ0n) is 16.0. The van der Waals surface area contributed by atoms with E-state index in [-0.39, 0.29) is 31.1 Å². The highest BCUT2D eigenvalue weighted by Gasteiger charge is 2.48. The molecule has 1 saturated carbocycles. The van der Waals surface area contributed by atoms with Gasteiger partial charge in [-0.1, -0.05) is 0 Å². The number of hydrogen-bond donors (Lipinski definition) is 2. The molecule has 8 heteroatoms. The van der Waals surface area contributed by atoms with Crippen molar-refractivity contribution in [2.75, 3.05) is 31.9 Å². The normalized spacial score (nSPS) is 29.8. The number of nitrogens with one attached hydrogen (secondary N) is 2. The van der Waals surface area contributed by atoms with E-state index in [0.29, 0.717) is 19.2 Å². The predicted octanol–water partition coefficient (Wildman–Crippen LogP) is 1.82. The van der Waals surface area contributed by atoms with Gasteiger partial charge in [-0.05, 0) is 49.6 Å². The average molecular weight is 396 g/mol. The van der Waals surface area contributed by atoms with Crippen LogP contribution in [0.1, 0.15) is 12.8 Å². The van der Waals surface area contributed by atoms with Crippen molar-refractivity contribution in [3.8, 4) is 22.8 Å². The molecule has 0 radical (unpaired) electrons. The molecule has 2 saturated heterocycles. The summed E-state index contributed by atoms with van der Waals surface area (Å²) < 4.78 is 23.0. The van der Waals surface area contributed by atoms with Crippen LogP contribution < -0.4 is 20.1 Å². The molecule has 1 aromatic carbocycles. The van der Waals surface area contributed by atoms with Crippen LogP contribution in [0.4, 0.5) is 5.95 Å². The van der Waals surface area contributed by atoms with Gasteiger partial charge in [0, 0.05) is 11.8 Å². The van der Waals surface area contributed by atoms with Crippen molar-refractivity contribution >= 4 is 5.95 Å². The van der Waals surface area contributed by atoms with Crippen LogP contribution in [0.2, 0.25) is 0 Å². The van der Waals surface area contributed by atoms with E-state index in [0.717, 1.165) is 35.2 Å². The zero-order valence-corrected chi connectivity index (χ0v) is 16.0. The molecule has 2 N–H and O–H groups in total. The standard InChI is InChI=1S/C21H24N4O4/c1-2-12(1)8-23-15-9-26-20-16(10-27-19(15)20)25-21-22-6-5-14(24-21)13-3-4-17-18(7-13)29-11-28-17/h3-7,12,15-16,19-20,23H,1-2,8-11H2,(H,22,24,25)/t15-,16+,19-,20+/m0/s1. The molecule has 0 unspecified atom stereocenters. The second kappa shape index (κ2) is 7.12. The lowest BCUT2D eigenvalue weighted by atomic mass is 10.1. The number of aromatic nitrogens is 2. The third-order valence-electron chi connectivity index (χ3n) is 6.06. The summed E-state index contributed by atoms with van der Waals surface area (Å²) in [5, 5.41) is 7.04. The smallest absolute Gasteiger partial charge is 0.231 e. The van der Waals surface area contributed by atoms with Crippen LogP contribution >= 0.6 is 0 Å². The van der Waals surface area contributed by atoms with Gasteiger partial charge in [-0.2, -0.15) is 0 Å². The third kappa shape index (κ3) is 3.41. The van der Waals surface area contributed by atoms with E-state index in [1.165, 1.54) is 12.8 Å². The van der Waals surface area contributed by atoms with Crippen LogP contribution in [-0.4, -0.2) is 60.8 Å². The molecule has 8 nitrogen and oxygen atoms in total. The first-order valence-corrected chi connectivity index (χ1v) is 10.3. The van der Waals surface area contributed by atoms with Gasteiger partial charge in [-0.25, -0.2) is 9.97 Å². The molecule has 3 fully saturated rings. The molecular weight excluding hydrogens is 372 g/mol. The molecule has 152 valence electrons. The van der Waals surface area contributed by atoms with E-state index in [1.807, 2.05) is 24.3 Å². The maximum absolute atomic E-state index is 6.06. The number of anilines is 1. The van der Waals surface area contributed by atoms with Crippen LogP contribution in [0.3, 0.4) is 0 Å². The van der Waals surface area contributed by atoms with Gasteiger partial charge in [0.15, 0.2) is 11.5 Å². The summed E-state index contributed by atoms with van der Waals surface area (Å²) in [6.45, 7) is 2.61. The van der Waals surface area contributed by atoms with Gasteiger partial charge in [-0.3, -0.25) is 0 Å². The van der Waals surface area contributed by atoms with Gasteiger partial charge in [0.05, 0.1) is 31.0 Å².